The van der Waals surface area contributed by atoms with E-state index in [2.05, 4.69) is 16.4 Å². The molecule has 7 heteroatoms. The lowest BCUT2D eigenvalue weighted by Gasteiger charge is -2.22. The van der Waals surface area contributed by atoms with E-state index in [-0.39, 0.29) is 11.5 Å². The van der Waals surface area contributed by atoms with E-state index in [9.17, 15) is 22.8 Å². The van der Waals surface area contributed by atoms with Crippen LogP contribution in [0.15, 0.2) is 53.5 Å². The summed E-state index contributed by atoms with van der Waals surface area (Å²) in [5, 5.41) is 2.84. The summed E-state index contributed by atoms with van der Waals surface area (Å²) in [6, 6.07) is 8.08. The van der Waals surface area contributed by atoms with Gasteiger partial charge in [0, 0.05) is 18.8 Å². The molecule has 0 bridgehead atoms. The number of aromatic nitrogens is 1. The predicted octanol–water partition coefficient (Wildman–Crippen LogP) is 4.40. The Morgan fingerprint density at radius 1 is 1.14 bits per heavy atom. The predicted molar refractivity (Wildman–Crippen MR) is 101 cm³/mol. The standard InChI is InChI=1S/C21H21F3N2O2/c22-21(23,24)18-8-5-16(6-9-18)15-3-1-14(2-4-15)11-12-25-20(28)17-7-10-19(27)26-13-17/h3,5-10,13-14H,1-2,4,11-12H2,(H,25,28)(H,26,27). The van der Waals surface area contributed by atoms with Crippen molar-refractivity contribution in [2.45, 2.75) is 31.9 Å². The van der Waals surface area contributed by atoms with Gasteiger partial charge < -0.3 is 10.3 Å². The minimum atomic E-state index is -4.32. The Balaban J connectivity index is 1.48. The molecular weight excluding hydrogens is 369 g/mol. The Labute approximate surface area is 160 Å². The minimum Gasteiger partial charge on any atom is -0.352 e. The summed E-state index contributed by atoms with van der Waals surface area (Å²) in [5.41, 5.74) is 1.42. The Morgan fingerprint density at radius 2 is 1.89 bits per heavy atom. The highest BCUT2D eigenvalue weighted by molar-refractivity contribution is 5.93. The molecule has 148 valence electrons. The van der Waals surface area contributed by atoms with Crippen LogP contribution < -0.4 is 10.9 Å². The molecule has 1 aromatic carbocycles. The van der Waals surface area contributed by atoms with Gasteiger partial charge in [0.1, 0.15) is 0 Å². The van der Waals surface area contributed by atoms with Gasteiger partial charge in [-0.25, -0.2) is 0 Å². The number of aromatic amines is 1. The minimum absolute atomic E-state index is 0.229. The molecule has 0 radical (unpaired) electrons. The van der Waals surface area contributed by atoms with Gasteiger partial charge in [0.25, 0.3) is 5.91 Å². The van der Waals surface area contributed by atoms with Crippen molar-refractivity contribution in [3.8, 4) is 0 Å². The van der Waals surface area contributed by atoms with Crippen LogP contribution in [0, 0.1) is 5.92 Å². The molecule has 0 aliphatic heterocycles. The molecule has 1 aliphatic carbocycles. The van der Waals surface area contributed by atoms with Gasteiger partial charge >= 0.3 is 6.18 Å². The number of carbonyl (C=O) groups excluding carboxylic acids is 1. The first-order valence-corrected chi connectivity index (χ1v) is 9.16. The summed E-state index contributed by atoms with van der Waals surface area (Å²) in [4.78, 5) is 25.5. The molecular formula is C21H21F3N2O2. The number of hydrogen-bond donors (Lipinski definition) is 2. The van der Waals surface area contributed by atoms with Gasteiger partial charge in [0.2, 0.25) is 5.56 Å². The molecule has 0 saturated heterocycles. The molecule has 4 nitrogen and oxygen atoms in total. The van der Waals surface area contributed by atoms with Crippen LogP contribution in [0.5, 0.6) is 0 Å². The van der Waals surface area contributed by atoms with Crippen molar-refractivity contribution in [2.24, 2.45) is 5.92 Å². The van der Waals surface area contributed by atoms with Crippen LogP contribution in [0.3, 0.4) is 0 Å². The third kappa shape index (κ3) is 5.12. The van der Waals surface area contributed by atoms with Gasteiger partial charge in [-0.3, -0.25) is 9.59 Å². The van der Waals surface area contributed by atoms with Crippen molar-refractivity contribution in [1.82, 2.24) is 10.3 Å². The Bertz CT molecular complexity index is 894. The molecule has 1 amide bonds. The highest BCUT2D eigenvalue weighted by Crippen LogP contribution is 2.34. The summed E-state index contributed by atoms with van der Waals surface area (Å²) in [6.07, 6.45) is 2.56. The van der Waals surface area contributed by atoms with Crippen LogP contribution in [0.4, 0.5) is 13.2 Å². The number of amides is 1. The molecule has 1 aliphatic rings. The fourth-order valence-corrected chi connectivity index (χ4v) is 3.33. The number of allylic oxidation sites excluding steroid dienone is 2. The topological polar surface area (TPSA) is 62.0 Å². The van der Waals surface area contributed by atoms with Crippen LogP contribution in [-0.4, -0.2) is 17.4 Å². The zero-order valence-corrected chi connectivity index (χ0v) is 15.2. The molecule has 28 heavy (non-hydrogen) atoms. The number of H-pyrrole nitrogens is 1. The lowest BCUT2D eigenvalue weighted by molar-refractivity contribution is -0.137. The zero-order chi connectivity index (χ0) is 20.1. The van der Waals surface area contributed by atoms with Crippen molar-refractivity contribution in [3.05, 3.63) is 75.7 Å². The maximum absolute atomic E-state index is 12.7. The van der Waals surface area contributed by atoms with Gasteiger partial charge in [-0.2, -0.15) is 13.2 Å². The van der Waals surface area contributed by atoms with Gasteiger partial charge in [0.05, 0.1) is 11.1 Å². The lowest BCUT2D eigenvalue weighted by atomic mass is 9.85. The van der Waals surface area contributed by atoms with Gasteiger partial charge in [-0.1, -0.05) is 18.2 Å². The van der Waals surface area contributed by atoms with E-state index in [4.69, 9.17) is 0 Å². The second-order valence-electron chi connectivity index (χ2n) is 6.93. The van der Waals surface area contributed by atoms with Gasteiger partial charge in [-0.15, -0.1) is 0 Å². The lowest BCUT2D eigenvalue weighted by Crippen LogP contribution is -2.26. The average Bonchev–Trinajstić information content (AvgIpc) is 2.68. The summed E-state index contributed by atoms with van der Waals surface area (Å²) < 4.78 is 38.0. The number of carbonyl (C=O) groups is 1. The van der Waals surface area contributed by atoms with Crippen molar-refractivity contribution in [2.75, 3.05) is 6.54 Å². The Morgan fingerprint density at radius 3 is 2.46 bits per heavy atom. The molecule has 3 rings (SSSR count). The molecule has 0 spiro atoms. The molecule has 1 aromatic heterocycles. The monoisotopic (exact) mass is 390 g/mol. The first-order valence-electron chi connectivity index (χ1n) is 9.16. The van der Waals surface area contributed by atoms with Crippen LogP contribution in [-0.2, 0) is 6.18 Å². The van der Waals surface area contributed by atoms with Crippen molar-refractivity contribution < 1.29 is 18.0 Å². The molecule has 0 saturated carbocycles. The van der Waals surface area contributed by atoms with Crippen LogP contribution >= 0.6 is 0 Å². The molecule has 0 fully saturated rings. The molecule has 2 aromatic rings. The van der Waals surface area contributed by atoms with Crippen molar-refractivity contribution in [3.63, 3.8) is 0 Å². The number of pyridine rings is 1. The highest BCUT2D eigenvalue weighted by Gasteiger charge is 2.30. The van der Waals surface area contributed by atoms with E-state index in [1.54, 1.807) is 0 Å². The average molecular weight is 390 g/mol. The quantitative estimate of drug-likeness (QED) is 0.795. The zero-order valence-electron chi connectivity index (χ0n) is 15.2. The fraction of sp³-hybridized carbons (Fsp3) is 0.333. The molecule has 1 heterocycles. The van der Waals surface area contributed by atoms with Gasteiger partial charge in [-0.05, 0) is 60.9 Å². The number of hydrogen-bond acceptors (Lipinski definition) is 2. The number of nitrogens with one attached hydrogen (secondary N) is 2. The van der Waals surface area contributed by atoms with E-state index in [1.165, 1.54) is 30.5 Å². The van der Waals surface area contributed by atoms with Crippen LogP contribution in [0.2, 0.25) is 0 Å². The summed E-state index contributed by atoms with van der Waals surface area (Å²) in [6.45, 7) is 0.534. The largest absolute Gasteiger partial charge is 0.416 e. The molecule has 2 N–H and O–H groups in total. The second kappa shape index (κ2) is 8.46. The number of alkyl halides is 3. The smallest absolute Gasteiger partial charge is 0.352 e. The van der Waals surface area contributed by atoms with E-state index in [0.29, 0.717) is 18.0 Å². The Hall–Kier alpha value is -2.83. The fourth-order valence-electron chi connectivity index (χ4n) is 3.33. The van der Waals surface area contributed by atoms with Crippen LogP contribution in [0.25, 0.3) is 5.57 Å². The third-order valence-electron chi connectivity index (χ3n) is 4.99. The van der Waals surface area contributed by atoms with Gasteiger partial charge in [0.15, 0.2) is 0 Å². The first kappa shape index (κ1) is 19.9. The SMILES string of the molecule is O=C(NCCC1CC=C(c2ccc(C(F)(F)F)cc2)CC1)c1ccc(=O)[nH]c1. The van der Waals surface area contributed by atoms with Crippen LogP contribution in [0.1, 0.15) is 47.2 Å². The maximum atomic E-state index is 12.7. The Kier molecular flexibility index (Phi) is 6.02. The number of halogens is 3. The third-order valence-corrected chi connectivity index (χ3v) is 4.99. The normalized spacial score (nSPS) is 17.1. The first-order chi connectivity index (χ1) is 13.3. The maximum Gasteiger partial charge on any atom is 0.416 e. The number of rotatable bonds is 5. The summed E-state index contributed by atoms with van der Waals surface area (Å²) in [7, 11) is 0. The highest BCUT2D eigenvalue weighted by atomic mass is 19.4. The second-order valence-corrected chi connectivity index (χ2v) is 6.93. The van der Waals surface area contributed by atoms with E-state index in [1.807, 2.05) is 0 Å². The van der Waals surface area contributed by atoms with Crippen molar-refractivity contribution in [1.29, 1.82) is 0 Å². The van der Waals surface area contributed by atoms with E-state index < -0.39 is 11.7 Å². The summed E-state index contributed by atoms with van der Waals surface area (Å²) >= 11 is 0. The summed E-state index contributed by atoms with van der Waals surface area (Å²) in [5.74, 6) is 0.196. The number of benzene rings is 1. The van der Waals surface area contributed by atoms with Crippen molar-refractivity contribution >= 4 is 11.5 Å². The van der Waals surface area contributed by atoms with E-state index in [0.717, 1.165) is 49.0 Å². The molecule has 1 unspecified atom stereocenters. The van der Waals surface area contributed by atoms with E-state index >= 15 is 0 Å². The molecule has 1 atom stereocenters.